The second-order valence-electron chi connectivity index (χ2n) is 7.81. The van der Waals surface area contributed by atoms with E-state index in [1.165, 1.54) is 10.4 Å². The molecule has 0 spiro atoms. The zero-order chi connectivity index (χ0) is 24.3. The molecule has 3 nitrogen and oxygen atoms in total. The van der Waals surface area contributed by atoms with Gasteiger partial charge in [0.1, 0.15) is 19.8 Å². The maximum absolute atomic E-state index is 7.64. The summed E-state index contributed by atoms with van der Waals surface area (Å²) < 4.78 is 9.84. The highest BCUT2D eigenvalue weighted by atomic mass is 28.3. The van der Waals surface area contributed by atoms with Crippen LogP contribution < -0.4 is 10.4 Å². The first-order chi connectivity index (χ1) is 15.2. The lowest BCUT2D eigenvalue weighted by atomic mass is 10.4. The molecule has 0 saturated heterocycles. The summed E-state index contributed by atoms with van der Waals surface area (Å²) >= 11 is 0. The van der Waals surface area contributed by atoms with Crippen molar-refractivity contribution >= 4 is 26.5 Å². The normalized spacial score (nSPS) is 9.81. The van der Waals surface area contributed by atoms with E-state index in [-0.39, 0.29) is 6.61 Å². The van der Waals surface area contributed by atoms with Gasteiger partial charge in [-0.2, -0.15) is 0 Å². The fourth-order valence-electron chi connectivity index (χ4n) is 2.51. The van der Waals surface area contributed by atoms with Crippen molar-refractivity contribution in [3.63, 3.8) is 0 Å². The minimum Gasteiger partial charge on any atom is -0.384 e. The third-order valence-electron chi connectivity index (χ3n) is 4.32. The lowest BCUT2D eigenvalue weighted by Gasteiger charge is -2.14. The van der Waals surface area contributed by atoms with Gasteiger partial charge in [0.15, 0.2) is 16.1 Å². The second-order valence-corrected chi connectivity index (χ2v) is 16.0. The van der Waals surface area contributed by atoms with Gasteiger partial charge in [0.25, 0.3) is 0 Å². The van der Waals surface area contributed by atoms with Crippen LogP contribution in [0, 0.1) is 35.3 Å². The highest BCUT2D eigenvalue weighted by Crippen LogP contribution is 2.01. The Balaban J connectivity index is 0.000000515. The van der Waals surface area contributed by atoms with Crippen molar-refractivity contribution in [2.75, 3.05) is 34.0 Å². The topological polar surface area (TPSA) is 38.7 Å². The zero-order valence-corrected chi connectivity index (χ0v) is 22.2. The van der Waals surface area contributed by atoms with Crippen molar-refractivity contribution in [3.8, 4) is 35.3 Å². The molecule has 0 aliphatic rings. The summed E-state index contributed by atoms with van der Waals surface area (Å²) in [7, 11) is 0.229. The Morgan fingerprint density at radius 3 is 1.28 bits per heavy atom. The maximum Gasteiger partial charge on any atom is 0.162 e. The molecule has 0 atom stereocenters. The molecule has 5 heteroatoms. The summed E-state index contributed by atoms with van der Waals surface area (Å²) in [5, 5.41) is 10.4. The van der Waals surface area contributed by atoms with Crippen LogP contribution in [0.4, 0.5) is 0 Å². The highest BCUT2D eigenvalue weighted by Gasteiger charge is 2.20. The summed E-state index contributed by atoms with van der Waals surface area (Å²) in [6, 6.07) is 21.0. The fraction of sp³-hybridized carbons (Fsp3) is 0.333. The molecule has 0 aliphatic heterocycles. The van der Waals surface area contributed by atoms with Crippen LogP contribution in [0.15, 0.2) is 60.7 Å². The van der Waals surface area contributed by atoms with Crippen LogP contribution in [-0.4, -0.2) is 55.3 Å². The molecule has 2 aromatic rings. The molecule has 0 radical (unpaired) electrons. The lowest BCUT2D eigenvalue weighted by Crippen LogP contribution is -2.40. The Labute approximate surface area is 197 Å². The number of methoxy groups -OCH3 is 2. The third kappa shape index (κ3) is 13.0. The molecule has 2 aromatic carbocycles. The average Bonchev–Trinajstić information content (AvgIpc) is 2.81. The Kier molecular flexibility index (Phi) is 15.7. The van der Waals surface area contributed by atoms with Crippen LogP contribution in [0.3, 0.4) is 0 Å². The van der Waals surface area contributed by atoms with E-state index in [4.69, 9.17) is 14.6 Å². The van der Waals surface area contributed by atoms with E-state index in [2.05, 4.69) is 104 Å². The van der Waals surface area contributed by atoms with Gasteiger partial charge >= 0.3 is 0 Å². The van der Waals surface area contributed by atoms with Crippen molar-refractivity contribution in [2.45, 2.75) is 26.2 Å². The molecule has 0 bridgehead atoms. The Bertz CT molecular complexity index is 838. The van der Waals surface area contributed by atoms with E-state index in [1.807, 2.05) is 18.1 Å². The maximum atomic E-state index is 7.64. The second kappa shape index (κ2) is 17.0. The van der Waals surface area contributed by atoms with Crippen LogP contribution in [0.2, 0.25) is 26.2 Å². The molecule has 0 aromatic heterocycles. The first-order valence-electron chi connectivity index (χ1n) is 10.4. The van der Waals surface area contributed by atoms with Gasteiger partial charge < -0.3 is 14.6 Å². The SMILES string of the molecule is C#CCO.COCC#C[Si](C)(C)c1ccccc1.COCC#C[Si](C)(C)c1ccccc1. The Morgan fingerprint density at radius 1 is 0.719 bits per heavy atom. The predicted molar refractivity (Wildman–Crippen MR) is 142 cm³/mol. The van der Waals surface area contributed by atoms with Crippen LogP contribution in [0.25, 0.3) is 0 Å². The quantitative estimate of drug-likeness (QED) is 0.558. The molecule has 0 heterocycles. The smallest absolute Gasteiger partial charge is 0.162 e. The van der Waals surface area contributed by atoms with Crippen LogP contribution in [0.1, 0.15) is 0 Å². The molecule has 0 unspecified atom stereocenters. The molecule has 0 saturated carbocycles. The van der Waals surface area contributed by atoms with Gasteiger partial charge in [0.2, 0.25) is 0 Å². The van der Waals surface area contributed by atoms with E-state index in [9.17, 15) is 0 Å². The number of benzene rings is 2. The number of rotatable bonds is 4. The summed E-state index contributed by atoms with van der Waals surface area (Å²) in [5.74, 6) is 8.11. The van der Waals surface area contributed by atoms with E-state index < -0.39 is 16.1 Å². The predicted octanol–water partition coefficient (Wildman–Crippen LogP) is 3.19. The molecule has 0 fully saturated rings. The molecular formula is C27H36O3Si2. The largest absolute Gasteiger partial charge is 0.384 e. The molecule has 170 valence electrons. The van der Waals surface area contributed by atoms with Crippen molar-refractivity contribution < 1.29 is 14.6 Å². The minimum atomic E-state index is -1.56. The van der Waals surface area contributed by atoms with E-state index in [1.54, 1.807) is 14.2 Å². The van der Waals surface area contributed by atoms with Crippen LogP contribution >= 0.6 is 0 Å². The van der Waals surface area contributed by atoms with Gasteiger partial charge in [-0.05, 0) is 10.4 Å². The first-order valence-corrected chi connectivity index (χ1v) is 16.4. The van der Waals surface area contributed by atoms with Gasteiger partial charge in [0.05, 0.1) is 0 Å². The number of aliphatic hydroxyl groups is 1. The number of aliphatic hydroxyl groups excluding tert-OH is 1. The van der Waals surface area contributed by atoms with Crippen LogP contribution in [0.5, 0.6) is 0 Å². The summed E-state index contributed by atoms with van der Waals surface area (Å²) in [5.41, 5.74) is 6.68. The average molecular weight is 465 g/mol. The summed E-state index contributed by atoms with van der Waals surface area (Å²) in [6.07, 6.45) is 4.53. The van der Waals surface area contributed by atoms with Gasteiger partial charge in [-0.15, -0.1) is 17.5 Å². The summed E-state index contributed by atoms with van der Waals surface area (Å²) in [4.78, 5) is 0. The first kappa shape index (κ1) is 29.4. The van der Waals surface area contributed by atoms with Crippen molar-refractivity contribution in [2.24, 2.45) is 0 Å². The van der Waals surface area contributed by atoms with E-state index in [0.29, 0.717) is 13.2 Å². The molecule has 0 amide bonds. The number of hydrogen-bond acceptors (Lipinski definition) is 3. The van der Waals surface area contributed by atoms with Crippen molar-refractivity contribution in [3.05, 3.63) is 60.7 Å². The van der Waals surface area contributed by atoms with Gasteiger partial charge in [-0.1, -0.05) is 105 Å². The third-order valence-corrected chi connectivity index (χ3v) is 9.47. The Hall–Kier alpha value is -2.57. The van der Waals surface area contributed by atoms with E-state index in [0.717, 1.165) is 0 Å². The number of terminal acetylenes is 1. The molecule has 2 rings (SSSR count). The standard InChI is InChI=1S/2C12H16OSi.C3H4O/c2*1-13-10-7-11-14(2,3)12-8-5-4-6-9-12;1-2-3-4/h2*4-6,8-9H,10H2,1-3H3;1,4H,3H2. The minimum absolute atomic E-state index is 0.153. The van der Waals surface area contributed by atoms with Crippen LogP contribution in [-0.2, 0) is 9.47 Å². The molecule has 0 aliphatic carbocycles. The van der Waals surface area contributed by atoms with Gasteiger partial charge in [0, 0.05) is 14.2 Å². The van der Waals surface area contributed by atoms with Gasteiger partial charge in [-0.3, -0.25) is 0 Å². The lowest BCUT2D eigenvalue weighted by molar-refractivity contribution is 0.240. The molecule has 32 heavy (non-hydrogen) atoms. The fourth-order valence-corrected chi connectivity index (χ4v) is 5.88. The summed E-state index contributed by atoms with van der Waals surface area (Å²) in [6.45, 7) is 9.93. The Morgan fingerprint density at radius 2 is 1.03 bits per heavy atom. The van der Waals surface area contributed by atoms with Gasteiger partial charge in [-0.25, -0.2) is 0 Å². The zero-order valence-electron chi connectivity index (χ0n) is 20.2. The monoisotopic (exact) mass is 464 g/mol. The van der Waals surface area contributed by atoms with E-state index >= 15 is 0 Å². The number of hydrogen-bond donors (Lipinski definition) is 1. The highest BCUT2D eigenvalue weighted by molar-refractivity contribution is 6.96. The number of ether oxygens (including phenoxy) is 2. The molecular weight excluding hydrogens is 428 g/mol. The molecule has 1 N–H and O–H groups in total. The van der Waals surface area contributed by atoms with Crippen molar-refractivity contribution in [1.82, 2.24) is 0 Å². The van der Waals surface area contributed by atoms with Crippen molar-refractivity contribution in [1.29, 1.82) is 0 Å².